The van der Waals surface area contributed by atoms with Gasteiger partial charge in [0.25, 0.3) is 0 Å². The van der Waals surface area contributed by atoms with Crippen LogP contribution in [0.3, 0.4) is 0 Å². The summed E-state index contributed by atoms with van der Waals surface area (Å²) in [6.45, 7) is 6.62. The number of rotatable bonds is 3. The van der Waals surface area contributed by atoms with E-state index in [4.69, 9.17) is 4.42 Å². The van der Waals surface area contributed by atoms with E-state index in [1.807, 2.05) is 12.1 Å². The summed E-state index contributed by atoms with van der Waals surface area (Å²) in [6.07, 6.45) is 2.52. The number of hydrogen-bond acceptors (Lipinski definition) is 4. The molecule has 1 saturated heterocycles. The topological polar surface area (TPSA) is 49.5 Å². The van der Waals surface area contributed by atoms with Crippen molar-refractivity contribution in [1.29, 1.82) is 0 Å². The standard InChI is InChI=1S/C17H22N2O2/c1-12-3-5-14(6-4-12)17-18-15(11-21-17)9-19-8-7-13(2)16(20)10-19/h3-6,11,13,16,20H,7-10H2,1-2H3. The molecule has 0 aliphatic carbocycles. The Balaban J connectivity index is 1.66. The summed E-state index contributed by atoms with van der Waals surface area (Å²) in [5, 5.41) is 9.95. The normalized spacial score (nSPS) is 23.4. The van der Waals surface area contributed by atoms with E-state index < -0.39 is 0 Å². The van der Waals surface area contributed by atoms with Crippen molar-refractivity contribution < 1.29 is 9.52 Å². The highest BCUT2D eigenvalue weighted by atomic mass is 16.3. The molecule has 0 radical (unpaired) electrons. The predicted octanol–water partition coefficient (Wildman–Crippen LogP) is 2.85. The van der Waals surface area contributed by atoms with Gasteiger partial charge in [-0.2, -0.15) is 0 Å². The fourth-order valence-corrected chi connectivity index (χ4v) is 2.70. The molecule has 2 aromatic rings. The highest BCUT2D eigenvalue weighted by Crippen LogP contribution is 2.22. The molecule has 4 nitrogen and oxygen atoms in total. The third kappa shape index (κ3) is 3.34. The number of aryl methyl sites for hydroxylation is 1. The SMILES string of the molecule is Cc1ccc(-c2nc(CN3CCC(C)C(O)C3)co2)cc1. The average molecular weight is 286 g/mol. The van der Waals surface area contributed by atoms with Crippen molar-refractivity contribution in [2.45, 2.75) is 32.9 Å². The summed E-state index contributed by atoms with van der Waals surface area (Å²) in [5.41, 5.74) is 3.15. The lowest BCUT2D eigenvalue weighted by atomic mass is 9.96. The maximum Gasteiger partial charge on any atom is 0.226 e. The lowest BCUT2D eigenvalue weighted by molar-refractivity contribution is 0.0254. The molecule has 2 heterocycles. The Hall–Kier alpha value is -1.65. The van der Waals surface area contributed by atoms with E-state index in [1.165, 1.54) is 5.56 Å². The van der Waals surface area contributed by atoms with Crippen LogP contribution >= 0.6 is 0 Å². The Kier molecular flexibility index (Phi) is 4.08. The zero-order chi connectivity index (χ0) is 14.8. The summed E-state index contributed by atoms with van der Waals surface area (Å²) in [6, 6.07) is 8.16. The number of aliphatic hydroxyl groups is 1. The van der Waals surface area contributed by atoms with Gasteiger partial charge in [0.15, 0.2) is 0 Å². The molecular formula is C17H22N2O2. The van der Waals surface area contributed by atoms with Crippen LogP contribution in [0.15, 0.2) is 34.9 Å². The van der Waals surface area contributed by atoms with Crippen LogP contribution in [0.2, 0.25) is 0 Å². The molecule has 21 heavy (non-hydrogen) atoms. The molecule has 112 valence electrons. The summed E-state index contributed by atoms with van der Waals surface area (Å²) in [4.78, 5) is 6.80. The van der Waals surface area contributed by atoms with Gasteiger partial charge in [0, 0.05) is 18.7 Å². The van der Waals surface area contributed by atoms with Crippen LogP contribution in [-0.4, -0.2) is 34.2 Å². The molecule has 0 spiro atoms. The zero-order valence-corrected chi connectivity index (χ0v) is 12.6. The van der Waals surface area contributed by atoms with E-state index in [0.717, 1.165) is 30.8 Å². The monoisotopic (exact) mass is 286 g/mol. The lowest BCUT2D eigenvalue weighted by Gasteiger charge is -2.33. The van der Waals surface area contributed by atoms with Crippen molar-refractivity contribution in [3.05, 3.63) is 41.8 Å². The number of aliphatic hydroxyl groups excluding tert-OH is 1. The fourth-order valence-electron chi connectivity index (χ4n) is 2.70. The minimum Gasteiger partial charge on any atom is -0.444 e. The van der Waals surface area contributed by atoms with E-state index in [-0.39, 0.29) is 6.10 Å². The van der Waals surface area contributed by atoms with E-state index in [2.05, 4.69) is 35.9 Å². The zero-order valence-electron chi connectivity index (χ0n) is 12.6. The maximum atomic E-state index is 9.95. The van der Waals surface area contributed by atoms with E-state index in [1.54, 1.807) is 6.26 Å². The summed E-state index contributed by atoms with van der Waals surface area (Å²) in [5.74, 6) is 1.05. The third-order valence-corrected chi connectivity index (χ3v) is 4.24. The molecule has 1 N–H and O–H groups in total. The van der Waals surface area contributed by atoms with Crippen molar-refractivity contribution in [3.8, 4) is 11.5 Å². The highest BCUT2D eigenvalue weighted by molar-refractivity contribution is 5.53. The largest absolute Gasteiger partial charge is 0.444 e. The Labute approximate surface area is 125 Å². The van der Waals surface area contributed by atoms with Gasteiger partial charge in [0.1, 0.15) is 6.26 Å². The molecule has 1 aromatic carbocycles. The predicted molar refractivity (Wildman–Crippen MR) is 81.7 cm³/mol. The molecule has 4 heteroatoms. The minimum atomic E-state index is -0.234. The quantitative estimate of drug-likeness (QED) is 0.942. The lowest BCUT2D eigenvalue weighted by Crippen LogP contribution is -2.42. The van der Waals surface area contributed by atoms with E-state index >= 15 is 0 Å². The van der Waals surface area contributed by atoms with Crippen molar-refractivity contribution in [2.75, 3.05) is 13.1 Å². The molecule has 2 atom stereocenters. The number of aromatic nitrogens is 1. The van der Waals surface area contributed by atoms with Crippen LogP contribution in [0.1, 0.15) is 24.6 Å². The fraction of sp³-hybridized carbons (Fsp3) is 0.471. The number of β-amino-alcohol motifs (C(OH)–C–C–N with tert-alkyl or cyclic N) is 1. The van der Waals surface area contributed by atoms with Crippen LogP contribution in [-0.2, 0) is 6.54 Å². The molecule has 1 fully saturated rings. The summed E-state index contributed by atoms with van der Waals surface area (Å²) >= 11 is 0. The van der Waals surface area contributed by atoms with Gasteiger partial charge in [-0.05, 0) is 37.9 Å². The van der Waals surface area contributed by atoms with E-state index in [0.29, 0.717) is 18.4 Å². The summed E-state index contributed by atoms with van der Waals surface area (Å²) < 4.78 is 5.58. The molecular weight excluding hydrogens is 264 g/mol. The van der Waals surface area contributed by atoms with Crippen LogP contribution in [0.25, 0.3) is 11.5 Å². The smallest absolute Gasteiger partial charge is 0.226 e. The first-order chi connectivity index (χ1) is 10.1. The first-order valence-electron chi connectivity index (χ1n) is 7.53. The second-order valence-corrected chi connectivity index (χ2v) is 6.08. The van der Waals surface area contributed by atoms with Gasteiger partial charge in [0.2, 0.25) is 5.89 Å². The van der Waals surface area contributed by atoms with Gasteiger partial charge in [-0.1, -0.05) is 24.6 Å². The average Bonchev–Trinajstić information content (AvgIpc) is 2.92. The second kappa shape index (κ2) is 6.00. The molecule has 1 aliphatic rings. The summed E-state index contributed by atoms with van der Waals surface area (Å²) in [7, 11) is 0. The number of oxazole rings is 1. The first kappa shape index (κ1) is 14.3. The van der Waals surface area contributed by atoms with Crippen LogP contribution in [0.4, 0.5) is 0 Å². The number of likely N-dealkylation sites (tertiary alicyclic amines) is 1. The van der Waals surface area contributed by atoms with Gasteiger partial charge in [0.05, 0.1) is 11.8 Å². The van der Waals surface area contributed by atoms with Crippen molar-refractivity contribution in [1.82, 2.24) is 9.88 Å². The number of hydrogen-bond donors (Lipinski definition) is 1. The maximum absolute atomic E-state index is 9.95. The van der Waals surface area contributed by atoms with Gasteiger partial charge in [-0.3, -0.25) is 4.90 Å². The Bertz CT molecular complexity index is 591. The van der Waals surface area contributed by atoms with Crippen LogP contribution in [0, 0.1) is 12.8 Å². The van der Waals surface area contributed by atoms with Gasteiger partial charge in [-0.25, -0.2) is 4.98 Å². The molecule has 1 aliphatic heterocycles. The van der Waals surface area contributed by atoms with Crippen molar-refractivity contribution in [3.63, 3.8) is 0 Å². The van der Waals surface area contributed by atoms with Gasteiger partial charge in [-0.15, -0.1) is 0 Å². The highest BCUT2D eigenvalue weighted by Gasteiger charge is 2.24. The second-order valence-electron chi connectivity index (χ2n) is 6.08. The van der Waals surface area contributed by atoms with Crippen LogP contribution in [0.5, 0.6) is 0 Å². The molecule has 3 rings (SSSR count). The first-order valence-corrected chi connectivity index (χ1v) is 7.53. The molecule has 2 unspecified atom stereocenters. The Morgan fingerprint density at radius 1 is 1.33 bits per heavy atom. The molecule has 0 bridgehead atoms. The Morgan fingerprint density at radius 2 is 2.10 bits per heavy atom. The molecule has 0 saturated carbocycles. The Morgan fingerprint density at radius 3 is 2.81 bits per heavy atom. The number of nitrogens with zero attached hydrogens (tertiary/aromatic N) is 2. The van der Waals surface area contributed by atoms with Crippen molar-refractivity contribution in [2.24, 2.45) is 5.92 Å². The van der Waals surface area contributed by atoms with Crippen LogP contribution < -0.4 is 0 Å². The number of benzene rings is 1. The third-order valence-electron chi connectivity index (χ3n) is 4.24. The van der Waals surface area contributed by atoms with Gasteiger partial charge < -0.3 is 9.52 Å². The van der Waals surface area contributed by atoms with E-state index in [9.17, 15) is 5.11 Å². The molecule has 1 aromatic heterocycles. The number of piperidine rings is 1. The minimum absolute atomic E-state index is 0.234. The molecule has 0 amide bonds. The van der Waals surface area contributed by atoms with Crippen molar-refractivity contribution >= 4 is 0 Å². The van der Waals surface area contributed by atoms with Gasteiger partial charge >= 0.3 is 0 Å².